The number of nitrogens with one attached hydrogen (secondary N) is 1. The molecular formula is C13H13N2O2S. The molecule has 0 unspecified atom stereocenters. The third-order valence-corrected chi connectivity index (χ3v) is 3.55. The summed E-state index contributed by atoms with van der Waals surface area (Å²) >= 11 is 0. The molecule has 0 saturated heterocycles. The van der Waals surface area contributed by atoms with E-state index in [9.17, 15) is 8.42 Å². The Bertz CT molecular complexity index is 652. The zero-order valence-electron chi connectivity index (χ0n) is 9.84. The molecule has 0 aliphatic heterocycles. The Hall–Kier alpha value is -2.01. The summed E-state index contributed by atoms with van der Waals surface area (Å²) in [7, 11) is -3.23. The quantitative estimate of drug-likeness (QED) is 0.831. The van der Waals surface area contributed by atoms with Crippen LogP contribution in [-0.2, 0) is 9.84 Å². The summed E-state index contributed by atoms with van der Waals surface area (Å²) in [4.78, 5) is 0.213. The van der Waals surface area contributed by atoms with E-state index in [0.29, 0.717) is 11.4 Å². The van der Waals surface area contributed by atoms with Crippen LogP contribution in [0.25, 0.3) is 0 Å². The van der Waals surface area contributed by atoms with Crippen LogP contribution in [0.3, 0.4) is 0 Å². The SMILES string of the molecule is CS(=O)(=O)c1ccc(Nc2c[c]ccc2)c(N)c1. The Labute approximate surface area is 106 Å². The molecule has 0 aromatic heterocycles. The summed E-state index contributed by atoms with van der Waals surface area (Å²) < 4.78 is 22.7. The first-order chi connectivity index (χ1) is 8.47. The largest absolute Gasteiger partial charge is 0.397 e. The molecule has 0 saturated carbocycles. The van der Waals surface area contributed by atoms with Gasteiger partial charge in [0.05, 0.1) is 16.3 Å². The molecule has 93 valence electrons. The maximum atomic E-state index is 11.4. The molecule has 0 amide bonds. The summed E-state index contributed by atoms with van der Waals surface area (Å²) in [6.45, 7) is 0. The Morgan fingerprint density at radius 2 is 2.06 bits per heavy atom. The second kappa shape index (κ2) is 4.70. The fourth-order valence-corrected chi connectivity index (χ4v) is 2.17. The van der Waals surface area contributed by atoms with Crippen molar-refractivity contribution in [1.29, 1.82) is 0 Å². The normalized spacial score (nSPS) is 11.2. The van der Waals surface area contributed by atoms with Crippen LogP contribution < -0.4 is 11.1 Å². The maximum Gasteiger partial charge on any atom is 0.175 e. The Balaban J connectivity index is 2.32. The molecule has 2 rings (SSSR count). The maximum absolute atomic E-state index is 11.4. The van der Waals surface area contributed by atoms with Gasteiger partial charge in [-0.15, -0.1) is 0 Å². The van der Waals surface area contributed by atoms with Crippen molar-refractivity contribution in [2.75, 3.05) is 17.3 Å². The van der Waals surface area contributed by atoms with E-state index in [1.54, 1.807) is 18.2 Å². The summed E-state index contributed by atoms with van der Waals surface area (Å²) in [5.74, 6) is 0. The standard InChI is InChI=1S/C13H13N2O2S/c1-18(16,17)11-7-8-13(12(14)9-11)15-10-5-3-2-4-6-10/h2-3,5-9,15H,14H2,1H3. The molecule has 1 radical (unpaired) electrons. The highest BCUT2D eigenvalue weighted by Crippen LogP contribution is 2.25. The number of anilines is 3. The molecule has 0 fully saturated rings. The summed E-state index contributed by atoms with van der Waals surface area (Å²) in [6.07, 6.45) is 1.15. The number of nitrogen functional groups attached to an aromatic ring is 1. The van der Waals surface area contributed by atoms with Gasteiger partial charge in [0.2, 0.25) is 0 Å². The van der Waals surface area contributed by atoms with Crippen LogP contribution in [0.1, 0.15) is 0 Å². The molecular weight excluding hydrogens is 248 g/mol. The van der Waals surface area contributed by atoms with Crippen LogP contribution in [0.15, 0.2) is 47.4 Å². The van der Waals surface area contributed by atoms with Crippen molar-refractivity contribution in [3.63, 3.8) is 0 Å². The molecule has 3 N–H and O–H groups in total. The van der Waals surface area contributed by atoms with Crippen molar-refractivity contribution in [2.45, 2.75) is 4.90 Å². The summed E-state index contributed by atoms with van der Waals surface area (Å²) in [5, 5.41) is 3.10. The van der Waals surface area contributed by atoms with E-state index in [-0.39, 0.29) is 4.90 Å². The van der Waals surface area contributed by atoms with Crippen molar-refractivity contribution in [3.8, 4) is 0 Å². The van der Waals surface area contributed by atoms with Crippen molar-refractivity contribution < 1.29 is 8.42 Å². The van der Waals surface area contributed by atoms with Gasteiger partial charge >= 0.3 is 0 Å². The second-order valence-electron chi connectivity index (χ2n) is 3.94. The molecule has 5 heteroatoms. The van der Waals surface area contributed by atoms with Crippen LogP contribution in [0.2, 0.25) is 0 Å². The molecule has 0 aliphatic rings. The van der Waals surface area contributed by atoms with Gasteiger partial charge in [-0.05, 0) is 36.4 Å². The van der Waals surface area contributed by atoms with E-state index in [1.807, 2.05) is 12.1 Å². The predicted octanol–water partition coefficient (Wildman–Crippen LogP) is 2.22. The van der Waals surface area contributed by atoms with Crippen molar-refractivity contribution >= 4 is 26.9 Å². The average Bonchev–Trinajstić information content (AvgIpc) is 2.32. The lowest BCUT2D eigenvalue weighted by molar-refractivity contribution is 0.602. The minimum absolute atomic E-state index is 0.213. The zero-order chi connectivity index (χ0) is 13.2. The molecule has 0 aliphatic carbocycles. The lowest BCUT2D eigenvalue weighted by Crippen LogP contribution is -2.01. The first-order valence-corrected chi connectivity index (χ1v) is 7.19. The van der Waals surface area contributed by atoms with Gasteiger partial charge in [-0.2, -0.15) is 0 Å². The van der Waals surface area contributed by atoms with Gasteiger partial charge in [-0.25, -0.2) is 8.42 Å². The Morgan fingerprint density at radius 3 is 2.61 bits per heavy atom. The third-order valence-electron chi connectivity index (χ3n) is 2.44. The minimum Gasteiger partial charge on any atom is -0.397 e. The predicted molar refractivity (Wildman–Crippen MR) is 72.5 cm³/mol. The fraction of sp³-hybridized carbons (Fsp3) is 0.0769. The molecule has 0 bridgehead atoms. The highest BCUT2D eigenvalue weighted by atomic mass is 32.2. The minimum atomic E-state index is -3.23. The number of benzene rings is 2. The average molecular weight is 261 g/mol. The van der Waals surface area contributed by atoms with Crippen LogP contribution >= 0.6 is 0 Å². The molecule has 4 nitrogen and oxygen atoms in total. The van der Waals surface area contributed by atoms with Crippen LogP contribution in [-0.4, -0.2) is 14.7 Å². The van der Waals surface area contributed by atoms with E-state index in [4.69, 9.17) is 5.73 Å². The van der Waals surface area contributed by atoms with E-state index in [2.05, 4.69) is 11.4 Å². The first kappa shape index (κ1) is 12.4. The van der Waals surface area contributed by atoms with Gasteiger partial charge in [-0.3, -0.25) is 0 Å². The zero-order valence-corrected chi connectivity index (χ0v) is 10.7. The van der Waals surface area contributed by atoms with Gasteiger partial charge in [0.15, 0.2) is 9.84 Å². The lowest BCUT2D eigenvalue weighted by Gasteiger charge is -2.10. The van der Waals surface area contributed by atoms with Crippen LogP contribution in [0.5, 0.6) is 0 Å². The smallest absolute Gasteiger partial charge is 0.175 e. The van der Waals surface area contributed by atoms with Gasteiger partial charge in [-0.1, -0.05) is 12.1 Å². The number of sulfone groups is 1. The van der Waals surface area contributed by atoms with Crippen LogP contribution in [0.4, 0.5) is 17.1 Å². The highest BCUT2D eigenvalue weighted by Gasteiger charge is 2.09. The van der Waals surface area contributed by atoms with E-state index < -0.39 is 9.84 Å². The van der Waals surface area contributed by atoms with Gasteiger partial charge in [0.25, 0.3) is 0 Å². The van der Waals surface area contributed by atoms with E-state index in [0.717, 1.165) is 11.9 Å². The number of hydrogen-bond donors (Lipinski definition) is 2. The van der Waals surface area contributed by atoms with Crippen LogP contribution in [0, 0.1) is 6.07 Å². The number of rotatable bonds is 3. The molecule has 0 atom stereocenters. The fourth-order valence-electron chi connectivity index (χ4n) is 1.51. The molecule has 2 aromatic rings. The highest BCUT2D eigenvalue weighted by molar-refractivity contribution is 7.90. The van der Waals surface area contributed by atoms with E-state index >= 15 is 0 Å². The summed E-state index contributed by atoms with van der Waals surface area (Å²) in [5.41, 5.74) is 7.73. The monoisotopic (exact) mass is 261 g/mol. The third kappa shape index (κ3) is 2.81. The molecule has 18 heavy (non-hydrogen) atoms. The first-order valence-electron chi connectivity index (χ1n) is 5.29. The molecule has 2 aromatic carbocycles. The second-order valence-corrected chi connectivity index (χ2v) is 5.95. The molecule has 0 heterocycles. The van der Waals surface area contributed by atoms with Crippen molar-refractivity contribution in [3.05, 3.63) is 48.5 Å². The topological polar surface area (TPSA) is 72.2 Å². The Kier molecular flexibility index (Phi) is 3.25. The Morgan fingerprint density at radius 1 is 1.28 bits per heavy atom. The molecule has 0 spiro atoms. The lowest BCUT2D eigenvalue weighted by atomic mass is 10.2. The number of hydrogen-bond acceptors (Lipinski definition) is 4. The van der Waals surface area contributed by atoms with Gasteiger partial charge in [0.1, 0.15) is 0 Å². The summed E-state index contributed by atoms with van der Waals surface area (Å²) in [6, 6.07) is 14.9. The van der Waals surface area contributed by atoms with Crippen molar-refractivity contribution in [2.24, 2.45) is 0 Å². The van der Waals surface area contributed by atoms with Gasteiger partial charge < -0.3 is 11.1 Å². The number of nitrogens with two attached hydrogens (primary N) is 1. The van der Waals surface area contributed by atoms with Crippen molar-refractivity contribution in [1.82, 2.24) is 0 Å². The van der Waals surface area contributed by atoms with Gasteiger partial charge in [0, 0.05) is 11.9 Å². The van der Waals surface area contributed by atoms with E-state index in [1.165, 1.54) is 12.1 Å².